The molecule has 0 spiro atoms. The van der Waals surface area contributed by atoms with Crippen molar-refractivity contribution in [3.05, 3.63) is 33.9 Å². The number of nitro benzene ring substituents is 1. The maximum Gasteiger partial charge on any atom is 0.307 e. The number of methoxy groups -OCH3 is 1. The predicted octanol–water partition coefficient (Wildman–Crippen LogP) is 0.470. The van der Waals surface area contributed by atoms with Gasteiger partial charge in [0.15, 0.2) is 0 Å². The second-order valence-electron chi connectivity index (χ2n) is 3.61. The van der Waals surface area contributed by atoms with E-state index in [4.69, 9.17) is 5.73 Å². The zero-order chi connectivity index (χ0) is 14.4. The molecule has 1 amide bonds. The van der Waals surface area contributed by atoms with Crippen LogP contribution in [0.25, 0.3) is 0 Å². The van der Waals surface area contributed by atoms with Crippen molar-refractivity contribution in [2.45, 2.75) is 6.42 Å². The van der Waals surface area contributed by atoms with Crippen LogP contribution >= 0.6 is 0 Å². The first-order chi connectivity index (χ1) is 8.95. The second kappa shape index (κ2) is 6.34. The number of nitrogens with two attached hydrogens (primary N) is 1. The fraction of sp³-hybridized carbons (Fsp3) is 0.273. The van der Waals surface area contributed by atoms with Gasteiger partial charge in [0.25, 0.3) is 11.6 Å². The lowest BCUT2D eigenvalue weighted by Crippen LogP contribution is -2.26. The highest BCUT2D eigenvalue weighted by molar-refractivity contribution is 5.95. The van der Waals surface area contributed by atoms with Gasteiger partial charge >= 0.3 is 5.97 Å². The highest BCUT2D eigenvalue weighted by Crippen LogP contribution is 2.22. The normalized spacial score (nSPS) is 9.74. The molecule has 0 aliphatic heterocycles. The lowest BCUT2D eigenvalue weighted by molar-refractivity contribution is -0.383. The van der Waals surface area contributed by atoms with Crippen LogP contribution in [0.3, 0.4) is 0 Å². The van der Waals surface area contributed by atoms with Gasteiger partial charge in [0.05, 0.1) is 18.5 Å². The molecule has 19 heavy (non-hydrogen) atoms. The van der Waals surface area contributed by atoms with E-state index >= 15 is 0 Å². The summed E-state index contributed by atoms with van der Waals surface area (Å²) in [4.78, 5) is 32.5. The molecule has 0 fully saturated rings. The minimum Gasteiger partial charge on any atom is -0.469 e. The number of carbonyl (C=O) groups is 2. The number of anilines is 1. The van der Waals surface area contributed by atoms with E-state index in [2.05, 4.69) is 10.1 Å². The zero-order valence-electron chi connectivity index (χ0n) is 10.2. The molecular formula is C11H13N3O5. The number of nitrogen functional groups attached to an aromatic ring is 1. The summed E-state index contributed by atoms with van der Waals surface area (Å²) in [6, 6.07) is 3.74. The molecule has 0 heterocycles. The Morgan fingerprint density at radius 3 is 2.74 bits per heavy atom. The topological polar surface area (TPSA) is 125 Å². The van der Waals surface area contributed by atoms with Crippen molar-refractivity contribution >= 4 is 23.3 Å². The van der Waals surface area contributed by atoms with Gasteiger partial charge in [0.2, 0.25) is 0 Å². The molecule has 0 bridgehead atoms. The molecule has 3 N–H and O–H groups in total. The van der Waals surface area contributed by atoms with Gasteiger partial charge in [-0.05, 0) is 12.1 Å². The monoisotopic (exact) mass is 267 g/mol. The number of carbonyl (C=O) groups excluding carboxylic acids is 2. The zero-order valence-corrected chi connectivity index (χ0v) is 10.2. The van der Waals surface area contributed by atoms with Gasteiger partial charge in [-0.25, -0.2) is 0 Å². The molecule has 0 radical (unpaired) electrons. The number of hydrogen-bond acceptors (Lipinski definition) is 6. The summed E-state index contributed by atoms with van der Waals surface area (Å²) in [6.45, 7) is 0.0870. The number of amides is 1. The molecule has 1 aromatic carbocycles. The molecule has 0 unspecified atom stereocenters. The van der Waals surface area contributed by atoms with E-state index < -0.39 is 16.8 Å². The van der Waals surface area contributed by atoms with Crippen LogP contribution in [-0.2, 0) is 9.53 Å². The van der Waals surface area contributed by atoms with Crippen LogP contribution in [-0.4, -0.2) is 30.5 Å². The highest BCUT2D eigenvalue weighted by Gasteiger charge is 2.15. The van der Waals surface area contributed by atoms with Gasteiger partial charge < -0.3 is 15.8 Å². The SMILES string of the molecule is COC(=O)CCNC(=O)c1ccc(N)c([N+](=O)[O-])c1. The van der Waals surface area contributed by atoms with E-state index in [1.165, 1.54) is 19.2 Å². The molecular weight excluding hydrogens is 254 g/mol. The summed E-state index contributed by atoms with van der Waals surface area (Å²) in [5.74, 6) is -0.976. The van der Waals surface area contributed by atoms with Crippen LogP contribution in [0.4, 0.5) is 11.4 Å². The number of hydrogen-bond donors (Lipinski definition) is 2. The molecule has 0 saturated heterocycles. The highest BCUT2D eigenvalue weighted by atomic mass is 16.6. The molecule has 8 heteroatoms. The van der Waals surface area contributed by atoms with E-state index in [0.717, 1.165) is 6.07 Å². The molecule has 0 saturated carbocycles. The third-order valence-electron chi connectivity index (χ3n) is 2.33. The van der Waals surface area contributed by atoms with Gasteiger partial charge in [-0.3, -0.25) is 19.7 Å². The molecule has 0 atom stereocenters. The number of nitro groups is 1. The van der Waals surface area contributed by atoms with E-state index in [1.54, 1.807) is 0 Å². The molecule has 1 rings (SSSR count). The number of benzene rings is 1. The number of nitrogens with one attached hydrogen (secondary N) is 1. The first-order valence-corrected chi connectivity index (χ1v) is 5.34. The lowest BCUT2D eigenvalue weighted by Gasteiger charge is -2.05. The summed E-state index contributed by atoms with van der Waals surface area (Å²) < 4.78 is 4.41. The van der Waals surface area contributed by atoms with Crippen molar-refractivity contribution in [2.75, 3.05) is 19.4 Å². The fourth-order valence-corrected chi connectivity index (χ4v) is 1.33. The van der Waals surface area contributed by atoms with E-state index in [1.807, 2.05) is 0 Å². The number of rotatable bonds is 5. The number of nitrogens with zero attached hydrogens (tertiary/aromatic N) is 1. The van der Waals surface area contributed by atoms with Crippen LogP contribution in [0.5, 0.6) is 0 Å². The number of esters is 1. The molecule has 0 aliphatic carbocycles. The summed E-state index contributed by atoms with van der Waals surface area (Å²) >= 11 is 0. The summed E-state index contributed by atoms with van der Waals surface area (Å²) in [5, 5.41) is 13.1. The van der Waals surface area contributed by atoms with Crippen LogP contribution in [0, 0.1) is 10.1 Å². The Bertz CT molecular complexity index is 515. The minimum atomic E-state index is -0.666. The Kier molecular flexibility index (Phi) is 4.81. The lowest BCUT2D eigenvalue weighted by atomic mass is 10.1. The largest absolute Gasteiger partial charge is 0.469 e. The van der Waals surface area contributed by atoms with Crippen LogP contribution in [0.1, 0.15) is 16.8 Å². The molecule has 102 valence electrons. The summed E-state index contributed by atoms with van der Waals surface area (Å²) in [5.41, 5.74) is 5.17. The van der Waals surface area contributed by atoms with Gasteiger partial charge in [-0.1, -0.05) is 0 Å². The van der Waals surface area contributed by atoms with Crippen molar-refractivity contribution in [3.63, 3.8) is 0 Å². The smallest absolute Gasteiger partial charge is 0.307 e. The number of ether oxygens (including phenoxy) is 1. The third kappa shape index (κ3) is 3.95. The van der Waals surface area contributed by atoms with Crippen molar-refractivity contribution < 1.29 is 19.2 Å². The Balaban J connectivity index is 2.70. The first-order valence-electron chi connectivity index (χ1n) is 5.34. The van der Waals surface area contributed by atoms with E-state index in [0.29, 0.717) is 0 Å². The van der Waals surface area contributed by atoms with E-state index in [-0.39, 0.29) is 29.9 Å². The Hall–Kier alpha value is -2.64. The first kappa shape index (κ1) is 14.4. The standard InChI is InChI=1S/C11H13N3O5/c1-19-10(15)4-5-13-11(16)7-2-3-8(12)9(6-7)14(17)18/h2-3,6H,4-5,12H2,1H3,(H,13,16). The van der Waals surface area contributed by atoms with Crippen molar-refractivity contribution in [2.24, 2.45) is 0 Å². The minimum absolute atomic E-state index is 0.0175. The van der Waals surface area contributed by atoms with Crippen molar-refractivity contribution in [1.29, 1.82) is 0 Å². The van der Waals surface area contributed by atoms with Crippen molar-refractivity contribution in [3.8, 4) is 0 Å². The molecule has 0 aliphatic rings. The molecule has 1 aromatic rings. The third-order valence-corrected chi connectivity index (χ3v) is 2.33. The van der Waals surface area contributed by atoms with Crippen LogP contribution in [0.15, 0.2) is 18.2 Å². The van der Waals surface area contributed by atoms with Gasteiger partial charge in [-0.2, -0.15) is 0 Å². The van der Waals surface area contributed by atoms with E-state index in [9.17, 15) is 19.7 Å². The van der Waals surface area contributed by atoms with Crippen LogP contribution < -0.4 is 11.1 Å². The summed E-state index contributed by atoms with van der Waals surface area (Å²) in [6.07, 6.45) is 0.0271. The average Bonchev–Trinajstić information content (AvgIpc) is 2.38. The van der Waals surface area contributed by atoms with Gasteiger partial charge in [0, 0.05) is 18.2 Å². The van der Waals surface area contributed by atoms with Gasteiger partial charge in [-0.15, -0.1) is 0 Å². The van der Waals surface area contributed by atoms with Gasteiger partial charge in [0.1, 0.15) is 5.69 Å². The van der Waals surface area contributed by atoms with Crippen molar-refractivity contribution in [1.82, 2.24) is 5.32 Å². The molecule has 8 nitrogen and oxygen atoms in total. The predicted molar refractivity (Wildman–Crippen MR) is 66.5 cm³/mol. The Morgan fingerprint density at radius 1 is 1.47 bits per heavy atom. The quantitative estimate of drug-likeness (QED) is 0.346. The maximum absolute atomic E-state index is 11.7. The second-order valence-corrected chi connectivity index (χ2v) is 3.61. The maximum atomic E-state index is 11.7. The molecule has 0 aromatic heterocycles. The Morgan fingerprint density at radius 2 is 2.16 bits per heavy atom. The Labute approximate surface area is 108 Å². The summed E-state index contributed by atoms with van der Waals surface area (Å²) in [7, 11) is 1.24. The van der Waals surface area contributed by atoms with Crippen LogP contribution in [0.2, 0.25) is 0 Å². The average molecular weight is 267 g/mol. The fourth-order valence-electron chi connectivity index (χ4n) is 1.33.